The van der Waals surface area contributed by atoms with Gasteiger partial charge >= 0.3 is 0 Å². The van der Waals surface area contributed by atoms with Crippen LogP contribution in [0.25, 0.3) is 0 Å². The first kappa shape index (κ1) is 13.0. The van der Waals surface area contributed by atoms with Crippen molar-refractivity contribution in [3.05, 3.63) is 23.8 Å². The molecular formula is C11H20N2O. The van der Waals surface area contributed by atoms with Gasteiger partial charge in [0.15, 0.2) is 0 Å². The minimum Gasteiger partial charge on any atom is -0.400 e. The lowest BCUT2D eigenvalue weighted by atomic mass is 9.95. The Balaban J connectivity index is 0.000000791. The minimum absolute atomic E-state index is 0.498. The van der Waals surface area contributed by atoms with Crippen LogP contribution in [0.4, 0.5) is 0 Å². The Labute approximate surface area is 86.2 Å². The molecule has 0 fully saturated rings. The molecule has 0 saturated carbocycles. The van der Waals surface area contributed by atoms with Crippen molar-refractivity contribution in [1.82, 2.24) is 9.97 Å². The van der Waals surface area contributed by atoms with E-state index in [0.29, 0.717) is 11.8 Å². The van der Waals surface area contributed by atoms with Crippen LogP contribution in [0.15, 0.2) is 12.4 Å². The van der Waals surface area contributed by atoms with Crippen molar-refractivity contribution in [3.63, 3.8) is 0 Å². The third kappa shape index (κ3) is 3.83. The highest BCUT2D eigenvalue weighted by Crippen LogP contribution is 2.20. The molecule has 0 aromatic carbocycles. The summed E-state index contributed by atoms with van der Waals surface area (Å²) < 4.78 is 0. The van der Waals surface area contributed by atoms with Crippen LogP contribution in [0, 0.1) is 12.8 Å². The molecule has 1 aromatic rings. The summed E-state index contributed by atoms with van der Waals surface area (Å²) in [6, 6.07) is 0. The van der Waals surface area contributed by atoms with Gasteiger partial charge < -0.3 is 5.11 Å². The predicted molar refractivity (Wildman–Crippen MR) is 58.2 cm³/mol. The standard InChI is InChI=1S/C10H16N2.CH4O/c1-7(2)9(4)10-6-11-8(3)5-12-10;1-2/h5-7,9H,1-4H3;2H,1H3. The molecule has 1 rings (SSSR count). The third-order valence-corrected chi connectivity index (χ3v) is 2.27. The van der Waals surface area contributed by atoms with Crippen LogP contribution in [0.2, 0.25) is 0 Å². The molecule has 1 unspecified atom stereocenters. The molecule has 1 N–H and O–H groups in total. The van der Waals surface area contributed by atoms with E-state index in [1.165, 1.54) is 0 Å². The van der Waals surface area contributed by atoms with Crippen molar-refractivity contribution in [2.45, 2.75) is 33.6 Å². The molecule has 0 amide bonds. The van der Waals surface area contributed by atoms with Gasteiger partial charge in [-0.1, -0.05) is 20.8 Å². The molecular weight excluding hydrogens is 176 g/mol. The number of aliphatic hydroxyl groups excluding tert-OH is 1. The average molecular weight is 196 g/mol. The van der Waals surface area contributed by atoms with Crippen molar-refractivity contribution in [2.75, 3.05) is 7.11 Å². The first-order valence-electron chi connectivity index (χ1n) is 4.84. The second-order valence-electron chi connectivity index (χ2n) is 3.62. The maximum atomic E-state index is 7.00. The Bertz CT molecular complexity index is 244. The fourth-order valence-corrected chi connectivity index (χ4v) is 0.979. The van der Waals surface area contributed by atoms with Gasteiger partial charge in [-0.05, 0) is 12.8 Å². The smallest absolute Gasteiger partial charge is 0.0617 e. The van der Waals surface area contributed by atoms with Gasteiger partial charge in [0.2, 0.25) is 0 Å². The van der Waals surface area contributed by atoms with Crippen LogP contribution in [-0.4, -0.2) is 22.2 Å². The molecule has 0 aliphatic carbocycles. The molecule has 1 heterocycles. The van der Waals surface area contributed by atoms with Crippen LogP contribution >= 0.6 is 0 Å². The number of hydrogen-bond acceptors (Lipinski definition) is 3. The summed E-state index contributed by atoms with van der Waals surface area (Å²) in [5, 5.41) is 7.00. The Hall–Kier alpha value is -0.960. The second kappa shape index (κ2) is 6.49. The van der Waals surface area contributed by atoms with Gasteiger partial charge in [-0.3, -0.25) is 9.97 Å². The highest BCUT2D eigenvalue weighted by Gasteiger charge is 2.10. The van der Waals surface area contributed by atoms with Crippen LogP contribution in [-0.2, 0) is 0 Å². The summed E-state index contributed by atoms with van der Waals surface area (Å²) in [7, 11) is 1.00. The SMILES string of the molecule is CO.Cc1cnc(C(C)C(C)C)cn1. The number of nitrogens with zero attached hydrogens (tertiary/aromatic N) is 2. The summed E-state index contributed by atoms with van der Waals surface area (Å²) in [5.41, 5.74) is 2.07. The van der Waals surface area contributed by atoms with Crippen LogP contribution in [0.5, 0.6) is 0 Å². The lowest BCUT2D eigenvalue weighted by Crippen LogP contribution is -2.05. The third-order valence-electron chi connectivity index (χ3n) is 2.27. The first-order valence-corrected chi connectivity index (χ1v) is 4.84. The Morgan fingerprint density at radius 1 is 1.07 bits per heavy atom. The van der Waals surface area contributed by atoms with Gasteiger partial charge in [0.25, 0.3) is 0 Å². The molecule has 0 saturated heterocycles. The number of aliphatic hydroxyl groups is 1. The average Bonchev–Trinajstić information content (AvgIpc) is 2.21. The number of hydrogen-bond donors (Lipinski definition) is 1. The quantitative estimate of drug-likeness (QED) is 0.788. The number of rotatable bonds is 2. The molecule has 14 heavy (non-hydrogen) atoms. The lowest BCUT2D eigenvalue weighted by molar-refractivity contribution is 0.399. The van der Waals surface area contributed by atoms with Crippen molar-refractivity contribution >= 4 is 0 Å². The number of aromatic nitrogens is 2. The van der Waals surface area contributed by atoms with E-state index < -0.39 is 0 Å². The van der Waals surface area contributed by atoms with E-state index in [2.05, 4.69) is 30.7 Å². The van der Waals surface area contributed by atoms with Gasteiger partial charge in [-0.25, -0.2) is 0 Å². The van der Waals surface area contributed by atoms with Crippen LogP contribution in [0.1, 0.15) is 38.1 Å². The largest absolute Gasteiger partial charge is 0.400 e. The van der Waals surface area contributed by atoms with E-state index in [1.54, 1.807) is 0 Å². The van der Waals surface area contributed by atoms with E-state index >= 15 is 0 Å². The van der Waals surface area contributed by atoms with Gasteiger partial charge in [-0.2, -0.15) is 0 Å². The number of aryl methyl sites for hydroxylation is 1. The minimum atomic E-state index is 0.498. The Morgan fingerprint density at radius 2 is 1.64 bits per heavy atom. The summed E-state index contributed by atoms with van der Waals surface area (Å²) in [5.74, 6) is 1.13. The molecule has 3 heteroatoms. The molecule has 3 nitrogen and oxygen atoms in total. The Kier molecular flexibility index (Phi) is 6.04. The first-order chi connectivity index (χ1) is 6.61. The maximum Gasteiger partial charge on any atom is 0.0617 e. The van der Waals surface area contributed by atoms with Crippen molar-refractivity contribution < 1.29 is 5.11 Å². The van der Waals surface area contributed by atoms with E-state index in [9.17, 15) is 0 Å². The monoisotopic (exact) mass is 196 g/mol. The topological polar surface area (TPSA) is 46.0 Å². The van der Waals surface area contributed by atoms with Crippen LogP contribution in [0.3, 0.4) is 0 Å². The van der Waals surface area contributed by atoms with Crippen molar-refractivity contribution in [2.24, 2.45) is 5.92 Å². The molecule has 80 valence electrons. The highest BCUT2D eigenvalue weighted by molar-refractivity contribution is 5.06. The zero-order chi connectivity index (χ0) is 11.1. The maximum absolute atomic E-state index is 7.00. The molecule has 0 radical (unpaired) electrons. The normalized spacial score (nSPS) is 11.9. The lowest BCUT2D eigenvalue weighted by Gasteiger charge is -2.13. The molecule has 0 bridgehead atoms. The van der Waals surface area contributed by atoms with Gasteiger partial charge in [-0.15, -0.1) is 0 Å². The highest BCUT2D eigenvalue weighted by atomic mass is 16.2. The fourth-order valence-electron chi connectivity index (χ4n) is 0.979. The molecule has 0 aliphatic heterocycles. The van der Waals surface area contributed by atoms with Crippen LogP contribution < -0.4 is 0 Å². The summed E-state index contributed by atoms with van der Waals surface area (Å²) in [6.07, 6.45) is 3.70. The van der Waals surface area contributed by atoms with Gasteiger partial charge in [0.05, 0.1) is 11.4 Å². The molecule has 1 atom stereocenters. The summed E-state index contributed by atoms with van der Waals surface area (Å²) >= 11 is 0. The summed E-state index contributed by atoms with van der Waals surface area (Å²) in [6.45, 7) is 8.54. The Morgan fingerprint density at radius 3 is 2.00 bits per heavy atom. The van der Waals surface area contributed by atoms with E-state index in [4.69, 9.17) is 5.11 Å². The van der Waals surface area contributed by atoms with Crippen molar-refractivity contribution in [1.29, 1.82) is 0 Å². The molecule has 0 spiro atoms. The zero-order valence-corrected chi connectivity index (χ0v) is 9.65. The molecule has 1 aromatic heterocycles. The summed E-state index contributed by atoms with van der Waals surface area (Å²) in [4.78, 5) is 8.56. The molecule has 0 aliphatic rings. The van der Waals surface area contributed by atoms with E-state index in [1.807, 2.05) is 19.3 Å². The van der Waals surface area contributed by atoms with E-state index in [-0.39, 0.29) is 0 Å². The van der Waals surface area contributed by atoms with Crippen molar-refractivity contribution in [3.8, 4) is 0 Å². The van der Waals surface area contributed by atoms with Gasteiger partial charge in [0, 0.05) is 25.4 Å². The van der Waals surface area contributed by atoms with E-state index in [0.717, 1.165) is 18.5 Å². The fraction of sp³-hybridized carbons (Fsp3) is 0.636. The predicted octanol–water partition coefficient (Wildman–Crippen LogP) is 2.15. The zero-order valence-electron chi connectivity index (χ0n) is 9.65. The van der Waals surface area contributed by atoms with Gasteiger partial charge in [0.1, 0.15) is 0 Å². The second-order valence-corrected chi connectivity index (χ2v) is 3.62.